The molecule has 0 amide bonds. The highest BCUT2D eigenvalue weighted by Gasteiger charge is 2.53. The Labute approximate surface area is 148 Å². The lowest BCUT2D eigenvalue weighted by atomic mass is 9.88. The molecule has 1 aliphatic rings. The van der Waals surface area contributed by atoms with Gasteiger partial charge in [0.05, 0.1) is 18.3 Å². The van der Waals surface area contributed by atoms with Crippen LogP contribution in [0, 0.1) is 11.8 Å². The van der Waals surface area contributed by atoms with E-state index >= 15 is 0 Å². The molecular weight excluding hydrogens is 328 g/mol. The Kier molecular flexibility index (Phi) is 8.05. The predicted molar refractivity (Wildman–Crippen MR) is 91.1 cm³/mol. The molecule has 144 valence electrons. The van der Waals surface area contributed by atoms with Crippen LogP contribution in [0.15, 0.2) is 11.6 Å². The van der Waals surface area contributed by atoms with E-state index in [0.717, 1.165) is 19.3 Å². The predicted octanol–water partition coefficient (Wildman–Crippen LogP) is 1.82. The summed E-state index contributed by atoms with van der Waals surface area (Å²) in [4.78, 5) is 21.6. The third kappa shape index (κ3) is 6.76. The van der Waals surface area contributed by atoms with Gasteiger partial charge in [-0.25, -0.2) is 4.79 Å². The fraction of sp³-hybridized carbons (Fsp3) is 0.778. The van der Waals surface area contributed by atoms with E-state index in [1.807, 2.05) is 6.92 Å². The lowest BCUT2D eigenvalue weighted by molar-refractivity contribution is -0.147. The summed E-state index contributed by atoms with van der Waals surface area (Å²) in [6.07, 6.45) is 3.62. The molecule has 0 aromatic heterocycles. The molecule has 4 N–H and O–H groups in total. The second kappa shape index (κ2) is 9.31. The Hall–Kier alpha value is -1.44. The molecule has 1 heterocycles. The molecule has 0 bridgehead atoms. The van der Waals surface area contributed by atoms with Crippen molar-refractivity contribution in [3.63, 3.8) is 0 Å². The number of hydrogen-bond donors (Lipinski definition) is 4. The van der Waals surface area contributed by atoms with Crippen molar-refractivity contribution in [1.82, 2.24) is 0 Å². The maximum absolute atomic E-state index is 10.9. The SMILES string of the molecule is CC(=CC(=O)O)C1OC1(C)CC(C)CCCCC(O)C(CO)C(=O)O. The van der Waals surface area contributed by atoms with Crippen LogP contribution >= 0.6 is 0 Å². The van der Waals surface area contributed by atoms with Gasteiger partial charge in [-0.05, 0) is 38.2 Å². The maximum atomic E-state index is 10.9. The van der Waals surface area contributed by atoms with Crippen molar-refractivity contribution in [2.75, 3.05) is 6.61 Å². The van der Waals surface area contributed by atoms with Crippen molar-refractivity contribution >= 4 is 11.9 Å². The molecule has 0 aliphatic carbocycles. The van der Waals surface area contributed by atoms with Gasteiger partial charge in [-0.1, -0.05) is 26.2 Å². The molecule has 0 spiro atoms. The Morgan fingerprint density at radius 1 is 1.24 bits per heavy atom. The van der Waals surface area contributed by atoms with E-state index in [1.54, 1.807) is 6.92 Å². The number of aliphatic carboxylic acids is 2. The average Bonchev–Trinajstić information content (AvgIpc) is 3.14. The van der Waals surface area contributed by atoms with Gasteiger partial charge >= 0.3 is 11.9 Å². The number of ether oxygens (including phenoxy) is 1. The topological polar surface area (TPSA) is 128 Å². The van der Waals surface area contributed by atoms with E-state index in [0.29, 0.717) is 24.3 Å². The summed E-state index contributed by atoms with van der Waals surface area (Å²) in [5, 5.41) is 36.4. The average molecular weight is 358 g/mol. The molecule has 1 aliphatic heterocycles. The molecule has 5 unspecified atom stereocenters. The number of carbonyl (C=O) groups is 2. The molecule has 1 rings (SSSR count). The highest BCUT2D eigenvalue weighted by atomic mass is 16.6. The zero-order chi connectivity index (χ0) is 19.2. The van der Waals surface area contributed by atoms with E-state index < -0.39 is 30.6 Å². The quantitative estimate of drug-likeness (QED) is 0.238. The highest BCUT2D eigenvalue weighted by Crippen LogP contribution is 2.46. The number of carboxylic acid groups (broad SMARTS) is 2. The zero-order valence-corrected chi connectivity index (χ0v) is 15.1. The molecule has 1 saturated heterocycles. The third-order valence-electron chi connectivity index (χ3n) is 4.83. The minimum absolute atomic E-state index is 0.145. The lowest BCUT2D eigenvalue weighted by Gasteiger charge is -2.18. The van der Waals surface area contributed by atoms with E-state index in [-0.39, 0.29) is 11.7 Å². The van der Waals surface area contributed by atoms with Crippen LogP contribution in [-0.4, -0.2) is 56.8 Å². The molecule has 0 radical (unpaired) electrons. The monoisotopic (exact) mass is 358 g/mol. The summed E-state index contributed by atoms with van der Waals surface area (Å²) >= 11 is 0. The van der Waals surface area contributed by atoms with Crippen LogP contribution in [0.25, 0.3) is 0 Å². The van der Waals surface area contributed by atoms with E-state index in [2.05, 4.69) is 6.92 Å². The van der Waals surface area contributed by atoms with Crippen molar-refractivity contribution in [3.8, 4) is 0 Å². The fourth-order valence-corrected chi connectivity index (χ4v) is 3.44. The van der Waals surface area contributed by atoms with Gasteiger partial charge in [0.1, 0.15) is 12.0 Å². The fourth-order valence-electron chi connectivity index (χ4n) is 3.44. The number of unbranched alkanes of at least 4 members (excludes halogenated alkanes) is 1. The maximum Gasteiger partial charge on any atom is 0.328 e. The van der Waals surface area contributed by atoms with Gasteiger partial charge in [-0.2, -0.15) is 0 Å². The molecule has 0 aromatic carbocycles. The van der Waals surface area contributed by atoms with E-state index in [9.17, 15) is 14.7 Å². The van der Waals surface area contributed by atoms with Crippen molar-refractivity contribution in [2.24, 2.45) is 11.8 Å². The summed E-state index contributed by atoms with van der Waals surface area (Å²) in [6, 6.07) is 0. The van der Waals surface area contributed by atoms with Crippen LogP contribution in [0.5, 0.6) is 0 Å². The summed E-state index contributed by atoms with van der Waals surface area (Å²) in [6.45, 7) is 5.28. The molecule has 7 heteroatoms. The first-order valence-electron chi connectivity index (χ1n) is 8.71. The van der Waals surface area contributed by atoms with Crippen LogP contribution in [0.3, 0.4) is 0 Å². The van der Waals surface area contributed by atoms with E-state index in [4.69, 9.17) is 20.1 Å². The normalized spacial score (nSPS) is 26.8. The number of hydrogen-bond acceptors (Lipinski definition) is 5. The minimum atomic E-state index is -1.18. The molecule has 25 heavy (non-hydrogen) atoms. The summed E-state index contributed by atoms with van der Waals surface area (Å²) < 4.78 is 5.69. The van der Waals surface area contributed by atoms with Crippen LogP contribution in [-0.2, 0) is 14.3 Å². The van der Waals surface area contributed by atoms with E-state index in [1.165, 1.54) is 6.08 Å². The van der Waals surface area contributed by atoms with Crippen LogP contribution < -0.4 is 0 Å². The van der Waals surface area contributed by atoms with Crippen molar-refractivity contribution in [3.05, 3.63) is 11.6 Å². The zero-order valence-electron chi connectivity index (χ0n) is 15.1. The number of epoxide rings is 1. The van der Waals surface area contributed by atoms with Crippen molar-refractivity contribution in [1.29, 1.82) is 0 Å². The summed E-state index contributed by atoms with van der Waals surface area (Å²) in [7, 11) is 0. The smallest absolute Gasteiger partial charge is 0.328 e. The lowest BCUT2D eigenvalue weighted by Crippen LogP contribution is -2.31. The Balaban J connectivity index is 2.29. The number of carboxylic acids is 2. The number of aliphatic hydroxyl groups excluding tert-OH is 2. The highest BCUT2D eigenvalue weighted by molar-refractivity contribution is 5.81. The van der Waals surface area contributed by atoms with Crippen LogP contribution in [0.1, 0.15) is 52.9 Å². The van der Waals surface area contributed by atoms with Crippen molar-refractivity contribution < 1.29 is 34.8 Å². The Morgan fingerprint density at radius 3 is 2.36 bits per heavy atom. The van der Waals surface area contributed by atoms with Gasteiger partial charge in [0.15, 0.2) is 0 Å². The van der Waals surface area contributed by atoms with Crippen LogP contribution in [0.4, 0.5) is 0 Å². The largest absolute Gasteiger partial charge is 0.481 e. The number of aliphatic hydroxyl groups is 2. The van der Waals surface area contributed by atoms with Gasteiger partial charge in [-0.15, -0.1) is 0 Å². The van der Waals surface area contributed by atoms with Crippen molar-refractivity contribution in [2.45, 2.75) is 70.7 Å². The second-order valence-electron chi connectivity index (χ2n) is 7.33. The van der Waals surface area contributed by atoms with Gasteiger partial charge < -0.3 is 25.2 Å². The summed E-state index contributed by atoms with van der Waals surface area (Å²) in [5.74, 6) is -2.90. The first-order chi connectivity index (χ1) is 11.6. The molecule has 0 aromatic rings. The van der Waals surface area contributed by atoms with Crippen LogP contribution in [0.2, 0.25) is 0 Å². The Morgan fingerprint density at radius 2 is 1.84 bits per heavy atom. The first-order valence-corrected chi connectivity index (χ1v) is 8.71. The molecule has 7 nitrogen and oxygen atoms in total. The third-order valence-corrected chi connectivity index (χ3v) is 4.83. The molecule has 5 atom stereocenters. The molecule has 0 saturated carbocycles. The second-order valence-corrected chi connectivity index (χ2v) is 7.33. The van der Waals surface area contributed by atoms with Gasteiger partial charge in [-0.3, -0.25) is 4.79 Å². The molecular formula is C18H30O7. The van der Waals surface area contributed by atoms with Gasteiger partial charge in [0.2, 0.25) is 0 Å². The standard InChI is InChI=1S/C18H30O7/c1-11(6-4-5-7-14(20)13(10-19)17(23)24)9-18(3)16(25-18)12(2)8-15(21)22/h8,11,13-14,16,19-20H,4-7,9-10H2,1-3H3,(H,21,22)(H,23,24). The van der Waals surface area contributed by atoms with Gasteiger partial charge in [0.25, 0.3) is 0 Å². The minimum Gasteiger partial charge on any atom is -0.481 e. The molecule has 1 fully saturated rings. The summed E-state index contributed by atoms with van der Waals surface area (Å²) in [5.41, 5.74) is 0.398. The number of rotatable bonds is 12. The van der Waals surface area contributed by atoms with Gasteiger partial charge in [0, 0.05) is 6.08 Å². The first kappa shape index (κ1) is 21.6. The Bertz CT molecular complexity index is 502.